The van der Waals surface area contributed by atoms with E-state index in [9.17, 15) is 13.4 Å². The molecule has 0 saturated heterocycles. The lowest BCUT2D eigenvalue weighted by Gasteiger charge is -2.10. The van der Waals surface area contributed by atoms with E-state index in [4.69, 9.17) is 5.73 Å². The molecule has 0 bridgehead atoms. The van der Waals surface area contributed by atoms with Gasteiger partial charge in [-0.25, -0.2) is 4.39 Å². The van der Waals surface area contributed by atoms with Gasteiger partial charge in [0.25, 0.3) is 0 Å². The second kappa shape index (κ2) is 6.43. The van der Waals surface area contributed by atoms with Crippen LogP contribution in [-0.2, 0) is 21.3 Å². The lowest BCUT2D eigenvalue weighted by molar-refractivity contribution is -0.115. The van der Waals surface area contributed by atoms with Gasteiger partial charge in [0.15, 0.2) is 0 Å². The first kappa shape index (κ1) is 14.4. The average Bonchev–Trinajstić information content (AvgIpc) is 2.39. The van der Waals surface area contributed by atoms with Crippen LogP contribution in [0.4, 0.5) is 4.39 Å². The van der Waals surface area contributed by atoms with Gasteiger partial charge in [-0.3, -0.25) is 9.00 Å². The summed E-state index contributed by atoms with van der Waals surface area (Å²) in [4.78, 5) is 10.8. The molecule has 0 spiro atoms. The first-order valence-electron chi connectivity index (χ1n) is 6.04. The van der Waals surface area contributed by atoms with E-state index in [0.717, 1.165) is 5.56 Å². The molecule has 0 radical (unpaired) electrons. The number of hydrogen-bond acceptors (Lipinski definition) is 2. The summed E-state index contributed by atoms with van der Waals surface area (Å²) in [6.07, 6.45) is 0. The van der Waals surface area contributed by atoms with Crippen molar-refractivity contribution in [1.82, 2.24) is 0 Å². The smallest absolute Gasteiger partial charge is 0.230 e. The number of primary amides is 1. The molecule has 20 heavy (non-hydrogen) atoms. The van der Waals surface area contributed by atoms with Crippen molar-refractivity contribution in [3.63, 3.8) is 0 Å². The Balaban J connectivity index is 2.34. The highest BCUT2D eigenvalue weighted by Crippen LogP contribution is 2.27. The minimum atomic E-state index is -1.39. The molecule has 0 saturated carbocycles. The van der Waals surface area contributed by atoms with Crippen molar-refractivity contribution in [2.24, 2.45) is 5.73 Å². The van der Waals surface area contributed by atoms with Gasteiger partial charge in [-0.2, -0.15) is 0 Å². The quantitative estimate of drug-likeness (QED) is 0.918. The van der Waals surface area contributed by atoms with Crippen LogP contribution < -0.4 is 5.73 Å². The van der Waals surface area contributed by atoms with Crippen molar-refractivity contribution in [3.05, 3.63) is 59.9 Å². The maximum absolute atomic E-state index is 13.9. The second-order valence-electron chi connectivity index (χ2n) is 4.33. The summed E-state index contributed by atoms with van der Waals surface area (Å²) in [7, 11) is -1.39. The van der Waals surface area contributed by atoms with E-state index in [1.165, 1.54) is 6.07 Å². The third-order valence-electron chi connectivity index (χ3n) is 2.80. The summed E-state index contributed by atoms with van der Waals surface area (Å²) < 4.78 is 25.7. The van der Waals surface area contributed by atoms with Gasteiger partial charge in [-0.05, 0) is 17.2 Å². The van der Waals surface area contributed by atoms with E-state index < -0.39 is 16.7 Å². The molecule has 0 aliphatic heterocycles. The molecule has 2 N–H and O–H groups in total. The first-order chi connectivity index (χ1) is 9.58. The van der Waals surface area contributed by atoms with Gasteiger partial charge in [0, 0.05) is 22.1 Å². The zero-order valence-corrected chi connectivity index (χ0v) is 11.5. The highest BCUT2D eigenvalue weighted by molar-refractivity contribution is 7.84. The number of carbonyl (C=O) groups excluding carboxylic acids is 1. The Morgan fingerprint density at radius 1 is 1.05 bits per heavy atom. The number of hydrogen-bond donors (Lipinski definition) is 1. The van der Waals surface area contributed by atoms with E-state index >= 15 is 0 Å². The molecule has 0 aromatic heterocycles. The molecule has 2 aromatic carbocycles. The SMILES string of the molecule is NC(=O)C[S@@](=O)Cc1ccccc1-c1ccccc1F. The van der Waals surface area contributed by atoms with Crippen LogP contribution in [-0.4, -0.2) is 15.9 Å². The maximum atomic E-state index is 13.9. The molecule has 0 aliphatic rings. The number of carbonyl (C=O) groups is 1. The minimum absolute atomic E-state index is 0.174. The largest absolute Gasteiger partial charge is 0.369 e. The zero-order valence-electron chi connectivity index (χ0n) is 10.7. The predicted molar refractivity (Wildman–Crippen MR) is 77.7 cm³/mol. The molecule has 2 rings (SSSR count). The standard InChI is InChI=1S/C15H14FNO2S/c16-14-8-4-3-7-13(14)12-6-2-1-5-11(12)9-20(19)10-15(17)18/h1-8H,9-10H2,(H2,17,18)/t20-/m0/s1. The fourth-order valence-corrected chi connectivity index (χ4v) is 2.99. The third-order valence-corrected chi connectivity index (χ3v) is 4.04. The van der Waals surface area contributed by atoms with Crippen molar-refractivity contribution in [2.45, 2.75) is 5.75 Å². The van der Waals surface area contributed by atoms with Gasteiger partial charge in [-0.1, -0.05) is 42.5 Å². The van der Waals surface area contributed by atoms with E-state index in [1.54, 1.807) is 42.5 Å². The fraction of sp³-hybridized carbons (Fsp3) is 0.133. The molecule has 5 heteroatoms. The van der Waals surface area contributed by atoms with Crippen LogP contribution in [0.2, 0.25) is 0 Å². The highest BCUT2D eigenvalue weighted by Gasteiger charge is 2.12. The maximum Gasteiger partial charge on any atom is 0.230 e. The van der Waals surface area contributed by atoms with Crippen LogP contribution in [0.1, 0.15) is 5.56 Å². The number of rotatable bonds is 5. The summed E-state index contributed by atoms with van der Waals surface area (Å²) in [5, 5.41) is 0. The topological polar surface area (TPSA) is 60.2 Å². The lowest BCUT2D eigenvalue weighted by Crippen LogP contribution is -2.20. The molecule has 0 aliphatic carbocycles. The Hall–Kier alpha value is -2.01. The molecular weight excluding hydrogens is 277 g/mol. The summed E-state index contributed by atoms with van der Waals surface area (Å²) in [6, 6.07) is 13.6. The second-order valence-corrected chi connectivity index (χ2v) is 5.79. The molecule has 104 valence electrons. The summed E-state index contributed by atoms with van der Waals surface area (Å²) in [5.41, 5.74) is 6.90. The Morgan fingerprint density at radius 2 is 1.65 bits per heavy atom. The molecule has 0 heterocycles. The van der Waals surface area contributed by atoms with Crippen molar-refractivity contribution in [3.8, 4) is 11.1 Å². The van der Waals surface area contributed by atoms with Crippen molar-refractivity contribution >= 4 is 16.7 Å². The molecule has 1 amide bonds. The number of nitrogens with two attached hydrogens (primary N) is 1. The van der Waals surface area contributed by atoms with Crippen LogP contribution in [0.5, 0.6) is 0 Å². The number of benzene rings is 2. The van der Waals surface area contributed by atoms with E-state index in [1.807, 2.05) is 0 Å². The van der Waals surface area contributed by atoms with Crippen LogP contribution in [0.15, 0.2) is 48.5 Å². The average molecular weight is 291 g/mol. The molecule has 2 aromatic rings. The number of halogens is 1. The Kier molecular flexibility index (Phi) is 4.63. The summed E-state index contributed by atoms with van der Waals surface area (Å²) in [5.74, 6) is -0.952. The summed E-state index contributed by atoms with van der Waals surface area (Å²) >= 11 is 0. The third kappa shape index (κ3) is 3.51. The lowest BCUT2D eigenvalue weighted by atomic mass is 10.0. The van der Waals surface area contributed by atoms with Gasteiger partial charge in [-0.15, -0.1) is 0 Å². The highest BCUT2D eigenvalue weighted by atomic mass is 32.2. The molecule has 0 unspecified atom stereocenters. The Morgan fingerprint density at radius 3 is 2.30 bits per heavy atom. The molecule has 0 fully saturated rings. The Bertz CT molecular complexity index is 658. The first-order valence-corrected chi connectivity index (χ1v) is 7.53. The summed E-state index contributed by atoms with van der Waals surface area (Å²) in [6.45, 7) is 0. The normalized spacial score (nSPS) is 12.1. The van der Waals surface area contributed by atoms with Crippen LogP contribution >= 0.6 is 0 Å². The molecule has 1 atom stereocenters. The van der Waals surface area contributed by atoms with Crippen molar-refractivity contribution < 1.29 is 13.4 Å². The minimum Gasteiger partial charge on any atom is -0.369 e. The van der Waals surface area contributed by atoms with Gasteiger partial charge in [0.1, 0.15) is 11.6 Å². The van der Waals surface area contributed by atoms with Gasteiger partial charge < -0.3 is 5.73 Å². The predicted octanol–water partition coefficient (Wildman–Crippen LogP) is 2.23. The molecular formula is C15H14FNO2S. The monoisotopic (exact) mass is 291 g/mol. The number of amides is 1. The van der Waals surface area contributed by atoms with E-state index in [0.29, 0.717) is 11.1 Å². The van der Waals surface area contributed by atoms with Crippen molar-refractivity contribution in [2.75, 3.05) is 5.75 Å². The van der Waals surface area contributed by atoms with Crippen LogP contribution in [0.3, 0.4) is 0 Å². The van der Waals surface area contributed by atoms with Gasteiger partial charge in [0.2, 0.25) is 5.91 Å². The van der Waals surface area contributed by atoms with Gasteiger partial charge >= 0.3 is 0 Å². The Labute approximate surface area is 119 Å². The van der Waals surface area contributed by atoms with Crippen LogP contribution in [0, 0.1) is 5.82 Å². The van der Waals surface area contributed by atoms with E-state index in [2.05, 4.69) is 0 Å². The van der Waals surface area contributed by atoms with E-state index in [-0.39, 0.29) is 17.3 Å². The zero-order chi connectivity index (χ0) is 14.5. The van der Waals surface area contributed by atoms with Gasteiger partial charge in [0.05, 0.1) is 0 Å². The fourth-order valence-electron chi connectivity index (χ4n) is 1.97. The van der Waals surface area contributed by atoms with Crippen molar-refractivity contribution in [1.29, 1.82) is 0 Å². The van der Waals surface area contributed by atoms with Crippen LogP contribution in [0.25, 0.3) is 11.1 Å². The molecule has 3 nitrogen and oxygen atoms in total.